The molecule has 19 heavy (non-hydrogen) atoms. The van der Waals surface area contributed by atoms with Crippen LogP contribution < -0.4 is 5.32 Å². The number of cyclic esters (lactones) is 1. The monoisotopic (exact) mass is 253 g/mol. The molecule has 1 N–H and O–H groups in total. The Morgan fingerprint density at radius 1 is 1.11 bits per heavy atom. The number of hydrogen-bond donors (Lipinski definition) is 1. The molecule has 3 heteroatoms. The summed E-state index contributed by atoms with van der Waals surface area (Å²) in [5, 5.41) is 3.30. The molecule has 0 spiro atoms. The standard InChI is InChI=1S/C16H15NO2/c1-2-11-7-3-6-10-14(11)17-15-12-8-4-5-9-13(12)16(18)19-15/h3-10,15,17H,2H2,1H3. The van der Waals surface area contributed by atoms with Gasteiger partial charge in [-0.25, -0.2) is 4.79 Å². The fourth-order valence-electron chi connectivity index (χ4n) is 2.36. The van der Waals surface area contributed by atoms with Crippen molar-refractivity contribution >= 4 is 11.7 Å². The number of rotatable bonds is 3. The van der Waals surface area contributed by atoms with E-state index < -0.39 is 6.23 Å². The Balaban J connectivity index is 1.91. The fourth-order valence-corrected chi connectivity index (χ4v) is 2.36. The molecule has 2 aromatic rings. The molecule has 1 unspecified atom stereocenters. The summed E-state index contributed by atoms with van der Waals surface area (Å²) in [5.74, 6) is -0.262. The highest BCUT2D eigenvalue weighted by atomic mass is 16.6. The number of nitrogens with one attached hydrogen (secondary N) is 1. The zero-order chi connectivity index (χ0) is 13.2. The lowest BCUT2D eigenvalue weighted by Crippen LogP contribution is -2.11. The highest BCUT2D eigenvalue weighted by Crippen LogP contribution is 2.32. The third-order valence-corrected chi connectivity index (χ3v) is 3.37. The second-order valence-corrected chi connectivity index (χ2v) is 4.53. The topological polar surface area (TPSA) is 38.3 Å². The summed E-state index contributed by atoms with van der Waals surface area (Å²) in [4.78, 5) is 11.8. The van der Waals surface area contributed by atoms with Crippen LogP contribution in [0.2, 0.25) is 0 Å². The predicted molar refractivity (Wildman–Crippen MR) is 74.0 cm³/mol. The van der Waals surface area contributed by atoms with Crippen molar-refractivity contribution in [2.24, 2.45) is 0 Å². The second kappa shape index (κ2) is 4.76. The molecule has 0 amide bonds. The van der Waals surface area contributed by atoms with E-state index in [4.69, 9.17) is 4.74 Å². The van der Waals surface area contributed by atoms with Gasteiger partial charge in [0.05, 0.1) is 5.56 Å². The predicted octanol–water partition coefficient (Wildman–Crippen LogP) is 3.53. The third-order valence-electron chi connectivity index (χ3n) is 3.37. The maximum Gasteiger partial charge on any atom is 0.340 e. The number of fused-ring (bicyclic) bond motifs is 1. The molecule has 1 aliphatic heterocycles. The van der Waals surface area contributed by atoms with Crippen LogP contribution in [0, 0.1) is 0 Å². The van der Waals surface area contributed by atoms with Crippen molar-refractivity contribution in [2.75, 3.05) is 5.32 Å². The average molecular weight is 253 g/mol. The highest BCUT2D eigenvalue weighted by molar-refractivity contribution is 5.94. The Hall–Kier alpha value is -2.29. The minimum atomic E-state index is -0.392. The van der Waals surface area contributed by atoms with Crippen LogP contribution in [-0.2, 0) is 11.2 Å². The number of carbonyl (C=O) groups is 1. The molecule has 1 atom stereocenters. The number of aryl methyl sites for hydroxylation is 1. The fraction of sp³-hybridized carbons (Fsp3) is 0.188. The zero-order valence-corrected chi connectivity index (χ0v) is 10.7. The van der Waals surface area contributed by atoms with Crippen LogP contribution in [0.25, 0.3) is 0 Å². The van der Waals surface area contributed by atoms with Crippen LogP contribution in [-0.4, -0.2) is 5.97 Å². The Bertz CT molecular complexity index is 622. The number of ether oxygens (including phenoxy) is 1. The first-order valence-electron chi connectivity index (χ1n) is 6.44. The molecule has 1 aliphatic rings. The van der Waals surface area contributed by atoms with Crippen LogP contribution in [0.15, 0.2) is 48.5 Å². The van der Waals surface area contributed by atoms with Gasteiger partial charge < -0.3 is 10.1 Å². The van der Waals surface area contributed by atoms with Gasteiger partial charge in [-0.05, 0) is 24.1 Å². The van der Waals surface area contributed by atoms with Gasteiger partial charge in [-0.15, -0.1) is 0 Å². The first kappa shape index (κ1) is 11.8. The maximum atomic E-state index is 11.8. The van der Waals surface area contributed by atoms with Crippen molar-refractivity contribution in [3.05, 3.63) is 65.2 Å². The molecule has 0 radical (unpaired) electrons. The van der Waals surface area contributed by atoms with Gasteiger partial charge in [-0.2, -0.15) is 0 Å². The SMILES string of the molecule is CCc1ccccc1NC1OC(=O)c2ccccc21. The van der Waals surface area contributed by atoms with E-state index in [1.54, 1.807) is 6.07 Å². The van der Waals surface area contributed by atoms with Crippen LogP contribution in [0.4, 0.5) is 5.69 Å². The molecule has 96 valence electrons. The van der Waals surface area contributed by atoms with Crippen molar-refractivity contribution in [3.8, 4) is 0 Å². The number of esters is 1. The molecular formula is C16H15NO2. The Morgan fingerprint density at radius 2 is 1.84 bits per heavy atom. The minimum absolute atomic E-state index is 0.262. The van der Waals surface area contributed by atoms with Gasteiger partial charge in [0.2, 0.25) is 6.23 Å². The number of hydrogen-bond acceptors (Lipinski definition) is 3. The van der Waals surface area contributed by atoms with Crippen LogP contribution in [0.3, 0.4) is 0 Å². The average Bonchev–Trinajstić information content (AvgIpc) is 2.77. The number of benzene rings is 2. The lowest BCUT2D eigenvalue weighted by atomic mass is 10.1. The first-order valence-corrected chi connectivity index (χ1v) is 6.44. The van der Waals surface area contributed by atoms with Gasteiger partial charge in [-0.3, -0.25) is 0 Å². The van der Waals surface area contributed by atoms with E-state index >= 15 is 0 Å². The minimum Gasteiger partial charge on any atom is -0.434 e. The molecule has 0 saturated heterocycles. The summed E-state index contributed by atoms with van der Waals surface area (Å²) < 4.78 is 5.39. The van der Waals surface area contributed by atoms with E-state index in [1.165, 1.54) is 5.56 Å². The van der Waals surface area contributed by atoms with Gasteiger partial charge >= 0.3 is 5.97 Å². The van der Waals surface area contributed by atoms with Crippen molar-refractivity contribution < 1.29 is 9.53 Å². The van der Waals surface area contributed by atoms with Crippen molar-refractivity contribution in [1.29, 1.82) is 0 Å². The van der Waals surface area contributed by atoms with E-state index in [2.05, 4.69) is 18.3 Å². The summed E-state index contributed by atoms with van der Waals surface area (Å²) >= 11 is 0. The molecule has 3 nitrogen and oxygen atoms in total. The molecular weight excluding hydrogens is 238 g/mol. The third kappa shape index (κ3) is 2.08. The first-order chi connectivity index (χ1) is 9.29. The van der Waals surface area contributed by atoms with Crippen molar-refractivity contribution in [3.63, 3.8) is 0 Å². The number of carbonyl (C=O) groups excluding carboxylic acids is 1. The molecule has 0 bridgehead atoms. The van der Waals surface area contributed by atoms with Crippen LogP contribution in [0.5, 0.6) is 0 Å². The zero-order valence-electron chi connectivity index (χ0n) is 10.7. The van der Waals surface area contributed by atoms with Crippen molar-refractivity contribution in [2.45, 2.75) is 19.6 Å². The summed E-state index contributed by atoms with van der Waals surface area (Å²) in [6.45, 7) is 2.11. The molecule has 1 heterocycles. The summed E-state index contributed by atoms with van der Waals surface area (Å²) in [7, 11) is 0. The van der Waals surface area contributed by atoms with E-state index in [9.17, 15) is 4.79 Å². The van der Waals surface area contributed by atoms with E-state index in [0.717, 1.165) is 17.7 Å². The van der Waals surface area contributed by atoms with E-state index in [0.29, 0.717) is 5.56 Å². The van der Waals surface area contributed by atoms with Crippen LogP contribution in [0.1, 0.15) is 34.6 Å². The smallest absolute Gasteiger partial charge is 0.340 e. The molecule has 0 saturated carbocycles. The summed E-state index contributed by atoms with van der Waals surface area (Å²) in [6.07, 6.45) is 0.544. The maximum absolute atomic E-state index is 11.8. The Kier molecular flexibility index (Phi) is 2.95. The van der Waals surface area contributed by atoms with E-state index in [-0.39, 0.29) is 5.97 Å². The second-order valence-electron chi connectivity index (χ2n) is 4.53. The Labute approximate surface area is 112 Å². The van der Waals surface area contributed by atoms with Crippen molar-refractivity contribution in [1.82, 2.24) is 0 Å². The summed E-state index contributed by atoms with van der Waals surface area (Å²) in [5.41, 5.74) is 3.77. The molecule has 2 aromatic carbocycles. The lowest BCUT2D eigenvalue weighted by molar-refractivity contribution is 0.0437. The van der Waals surface area contributed by atoms with Gasteiger partial charge in [0.25, 0.3) is 0 Å². The molecule has 3 rings (SSSR count). The van der Waals surface area contributed by atoms with Crippen LogP contribution >= 0.6 is 0 Å². The number of para-hydroxylation sites is 1. The van der Waals surface area contributed by atoms with Gasteiger partial charge in [0.1, 0.15) is 0 Å². The molecule has 0 aliphatic carbocycles. The largest absolute Gasteiger partial charge is 0.434 e. The van der Waals surface area contributed by atoms with E-state index in [1.807, 2.05) is 36.4 Å². The molecule has 0 aromatic heterocycles. The lowest BCUT2D eigenvalue weighted by Gasteiger charge is -2.16. The summed E-state index contributed by atoms with van der Waals surface area (Å²) in [6, 6.07) is 15.6. The Morgan fingerprint density at radius 3 is 2.68 bits per heavy atom. The van der Waals surface area contributed by atoms with Gasteiger partial charge in [0, 0.05) is 11.3 Å². The quantitative estimate of drug-likeness (QED) is 0.850. The highest BCUT2D eigenvalue weighted by Gasteiger charge is 2.30. The van der Waals surface area contributed by atoms with Gasteiger partial charge in [0.15, 0.2) is 0 Å². The normalized spacial score (nSPS) is 16.9. The van der Waals surface area contributed by atoms with Gasteiger partial charge in [-0.1, -0.05) is 43.3 Å². The number of anilines is 1. The molecule has 0 fully saturated rings.